The van der Waals surface area contributed by atoms with Gasteiger partial charge in [0.2, 0.25) is 10.0 Å². The normalized spacial score (nSPS) is 20.8. The third-order valence-corrected chi connectivity index (χ3v) is 6.87. The van der Waals surface area contributed by atoms with Crippen molar-refractivity contribution >= 4 is 21.4 Å². The van der Waals surface area contributed by atoms with E-state index in [1.54, 1.807) is 6.07 Å². The summed E-state index contributed by atoms with van der Waals surface area (Å²) in [7, 11) is 0.636. The largest absolute Gasteiger partial charge is 0.319 e. The van der Waals surface area contributed by atoms with Crippen molar-refractivity contribution in [3.05, 3.63) is 17.0 Å². The van der Waals surface area contributed by atoms with Gasteiger partial charge in [-0.25, -0.2) is 13.1 Å². The summed E-state index contributed by atoms with van der Waals surface area (Å²) in [6, 6.07) is 3.62. The molecule has 1 aliphatic heterocycles. The summed E-state index contributed by atoms with van der Waals surface area (Å²) in [5.74, 6) is 0.419. The molecule has 1 aromatic rings. The van der Waals surface area contributed by atoms with E-state index in [-0.39, 0.29) is 0 Å². The summed E-state index contributed by atoms with van der Waals surface area (Å²) in [4.78, 5) is 3.37. The van der Waals surface area contributed by atoms with Crippen LogP contribution >= 0.6 is 11.3 Å². The molecule has 0 radical (unpaired) electrons. The van der Waals surface area contributed by atoms with Crippen molar-refractivity contribution in [3.63, 3.8) is 0 Å². The van der Waals surface area contributed by atoms with Crippen molar-refractivity contribution in [3.8, 4) is 0 Å². The fourth-order valence-corrected chi connectivity index (χ4v) is 5.14. The highest BCUT2D eigenvalue weighted by Crippen LogP contribution is 2.22. The zero-order valence-corrected chi connectivity index (χ0v) is 14.4. The summed E-state index contributed by atoms with van der Waals surface area (Å²) >= 11 is 1.37. The lowest BCUT2D eigenvalue weighted by Gasteiger charge is -2.29. The Labute approximate surface area is 131 Å². The number of hydrogen-bond acceptors (Lipinski definition) is 5. The summed E-state index contributed by atoms with van der Waals surface area (Å²) in [6.45, 7) is 3.49. The lowest BCUT2D eigenvalue weighted by atomic mass is 9.99. The van der Waals surface area contributed by atoms with Crippen LogP contribution in [0.2, 0.25) is 0 Å². The first-order chi connectivity index (χ1) is 10.0. The molecule has 7 heteroatoms. The smallest absolute Gasteiger partial charge is 0.250 e. The van der Waals surface area contributed by atoms with Gasteiger partial charge in [-0.3, -0.25) is 0 Å². The van der Waals surface area contributed by atoms with Gasteiger partial charge < -0.3 is 10.2 Å². The molecule has 21 heavy (non-hydrogen) atoms. The second kappa shape index (κ2) is 7.69. The number of hydrogen-bond donors (Lipinski definition) is 2. The van der Waals surface area contributed by atoms with Crippen LogP contribution in [0.4, 0.5) is 0 Å². The molecule has 120 valence electrons. The first-order valence-corrected chi connectivity index (χ1v) is 9.73. The molecule has 0 bridgehead atoms. The topological polar surface area (TPSA) is 61.4 Å². The fraction of sp³-hybridized carbons (Fsp3) is 0.714. The zero-order chi connectivity index (χ0) is 15.3. The van der Waals surface area contributed by atoms with Crippen molar-refractivity contribution in [2.45, 2.75) is 23.5 Å². The van der Waals surface area contributed by atoms with Crippen LogP contribution in [0.15, 0.2) is 16.3 Å². The third-order valence-electron chi connectivity index (χ3n) is 3.81. The van der Waals surface area contributed by atoms with E-state index in [0.29, 0.717) is 16.7 Å². The minimum Gasteiger partial charge on any atom is -0.319 e. The molecule has 5 nitrogen and oxygen atoms in total. The lowest BCUT2D eigenvalue weighted by molar-refractivity contribution is 0.211. The minimum absolute atomic E-state index is 0.419. The van der Waals surface area contributed by atoms with Crippen molar-refractivity contribution in [1.82, 2.24) is 14.9 Å². The second-order valence-corrected chi connectivity index (χ2v) is 8.86. The Morgan fingerprint density at radius 1 is 1.43 bits per heavy atom. The van der Waals surface area contributed by atoms with Crippen LogP contribution in [0.5, 0.6) is 0 Å². The highest BCUT2D eigenvalue weighted by molar-refractivity contribution is 7.91. The molecule has 1 saturated heterocycles. The quantitative estimate of drug-likeness (QED) is 0.786. The Morgan fingerprint density at radius 2 is 2.24 bits per heavy atom. The molecule has 1 aromatic heterocycles. The monoisotopic (exact) mass is 331 g/mol. The second-order valence-electron chi connectivity index (χ2n) is 5.70. The molecule has 1 fully saturated rings. The molecule has 0 aromatic carbocycles. The standard InChI is InChI=1S/C14H25N3O2S2/c1-15-8-7-13-5-6-14(20-13)21(18,19)16-10-12-4-3-9-17(2)11-12/h5-6,12,15-16H,3-4,7-11H2,1-2H3. The highest BCUT2D eigenvalue weighted by atomic mass is 32.2. The summed E-state index contributed by atoms with van der Waals surface area (Å²) < 4.78 is 27.8. The molecule has 2 rings (SSSR count). The molecule has 1 aliphatic rings. The number of piperidine rings is 1. The number of thiophene rings is 1. The number of rotatable bonds is 7. The van der Waals surface area contributed by atoms with Gasteiger partial charge in [-0.1, -0.05) is 0 Å². The van der Waals surface area contributed by atoms with Crippen molar-refractivity contribution in [2.75, 3.05) is 40.3 Å². The number of likely N-dealkylation sites (tertiary alicyclic amines) is 1. The van der Waals surface area contributed by atoms with Gasteiger partial charge in [0.05, 0.1) is 0 Å². The number of sulfonamides is 1. The van der Waals surface area contributed by atoms with E-state index in [2.05, 4.69) is 22.0 Å². The summed E-state index contributed by atoms with van der Waals surface area (Å²) in [5, 5.41) is 3.07. The molecule has 2 heterocycles. The molecule has 2 N–H and O–H groups in total. The predicted molar refractivity (Wildman–Crippen MR) is 87.4 cm³/mol. The van der Waals surface area contributed by atoms with Crippen LogP contribution < -0.4 is 10.0 Å². The zero-order valence-electron chi connectivity index (χ0n) is 12.8. The van der Waals surface area contributed by atoms with Gasteiger partial charge in [0.1, 0.15) is 4.21 Å². The van der Waals surface area contributed by atoms with Crippen LogP contribution in [-0.4, -0.2) is 53.6 Å². The highest BCUT2D eigenvalue weighted by Gasteiger charge is 2.21. The van der Waals surface area contributed by atoms with E-state index >= 15 is 0 Å². The van der Waals surface area contributed by atoms with Gasteiger partial charge in [-0.15, -0.1) is 11.3 Å². The van der Waals surface area contributed by atoms with Gasteiger partial charge in [-0.2, -0.15) is 0 Å². The van der Waals surface area contributed by atoms with E-state index in [0.717, 1.165) is 43.8 Å². The van der Waals surface area contributed by atoms with Crippen LogP contribution in [-0.2, 0) is 16.4 Å². The maximum atomic E-state index is 12.3. The Morgan fingerprint density at radius 3 is 2.95 bits per heavy atom. The average molecular weight is 332 g/mol. The maximum Gasteiger partial charge on any atom is 0.250 e. The Balaban J connectivity index is 1.90. The first-order valence-electron chi connectivity index (χ1n) is 7.43. The van der Waals surface area contributed by atoms with Gasteiger partial charge in [0.25, 0.3) is 0 Å². The van der Waals surface area contributed by atoms with Crippen molar-refractivity contribution < 1.29 is 8.42 Å². The van der Waals surface area contributed by atoms with Crippen LogP contribution in [0.25, 0.3) is 0 Å². The molecule has 0 spiro atoms. The maximum absolute atomic E-state index is 12.3. The van der Waals surface area contributed by atoms with Gasteiger partial charge in [0.15, 0.2) is 0 Å². The SMILES string of the molecule is CNCCc1ccc(S(=O)(=O)NCC2CCCN(C)C2)s1. The van der Waals surface area contributed by atoms with E-state index in [1.165, 1.54) is 11.3 Å². The van der Waals surface area contributed by atoms with Gasteiger partial charge in [-0.05, 0) is 64.5 Å². The molecule has 0 saturated carbocycles. The van der Waals surface area contributed by atoms with E-state index in [1.807, 2.05) is 13.1 Å². The van der Waals surface area contributed by atoms with Crippen molar-refractivity contribution in [1.29, 1.82) is 0 Å². The Kier molecular flexibility index (Phi) is 6.19. The van der Waals surface area contributed by atoms with Crippen LogP contribution in [0, 0.1) is 5.92 Å². The van der Waals surface area contributed by atoms with E-state index in [4.69, 9.17) is 0 Å². The molecular formula is C14H25N3O2S2. The third kappa shape index (κ3) is 5.03. The molecule has 0 aliphatic carbocycles. The summed E-state index contributed by atoms with van der Waals surface area (Å²) in [5.41, 5.74) is 0. The number of nitrogens with zero attached hydrogens (tertiary/aromatic N) is 1. The minimum atomic E-state index is -3.35. The molecule has 1 atom stereocenters. The van der Waals surface area contributed by atoms with Crippen LogP contribution in [0.3, 0.4) is 0 Å². The Hall–Kier alpha value is -0.470. The predicted octanol–water partition coefficient (Wildman–Crippen LogP) is 1.13. The molecule has 1 unspecified atom stereocenters. The lowest BCUT2D eigenvalue weighted by Crippen LogP contribution is -2.38. The van der Waals surface area contributed by atoms with Crippen molar-refractivity contribution in [2.24, 2.45) is 5.92 Å². The van der Waals surface area contributed by atoms with Gasteiger partial charge >= 0.3 is 0 Å². The van der Waals surface area contributed by atoms with Gasteiger partial charge in [0, 0.05) is 18.0 Å². The molecular weight excluding hydrogens is 306 g/mol. The van der Waals surface area contributed by atoms with Crippen LogP contribution in [0.1, 0.15) is 17.7 Å². The number of nitrogens with one attached hydrogen (secondary N) is 2. The molecule has 0 amide bonds. The first kappa shape index (κ1) is 16.9. The van der Waals surface area contributed by atoms with E-state index < -0.39 is 10.0 Å². The Bertz CT molecular complexity index is 542. The van der Waals surface area contributed by atoms with E-state index in [9.17, 15) is 8.42 Å². The summed E-state index contributed by atoms with van der Waals surface area (Å²) in [6.07, 6.45) is 3.12. The fourth-order valence-electron chi connectivity index (χ4n) is 2.62. The average Bonchev–Trinajstić information content (AvgIpc) is 2.93. The number of likely N-dealkylation sites (N-methyl/N-ethyl adjacent to an activating group) is 1.